The van der Waals surface area contributed by atoms with Gasteiger partial charge in [0.15, 0.2) is 0 Å². The predicted octanol–water partition coefficient (Wildman–Crippen LogP) is 1.91. The van der Waals surface area contributed by atoms with Crippen molar-refractivity contribution in [2.45, 2.75) is 24.5 Å². The zero-order valence-electron chi connectivity index (χ0n) is 6.61. The average molecular weight is 207 g/mol. The van der Waals surface area contributed by atoms with Crippen LogP contribution in [0.1, 0.15) is 19.3 Å². The molecule has 0 N–H and O–H groups in total. The topological polar surface area (TPSA) is 34.1 Å². The van der Waals surface area contributed by atoms with Gasteiger partial charge in [-0.3, -0.25) is 0 Å². The van der Waals surface area contributed by atoms with E-state index >= 15 is 0 Å². The van der Waals surface area contributed by atoms with E-state index < -0.39 is 9.05 Å². The predicted molar refractivity (Wildman–Crippen MR) is 48.5 cm³/mol. The number of fused-ring (bicyclic) bond motifs is 2. The Morgan fingerprint density at radius 1 is 1.25 bits per heavy atom. The van der Waals surface area contributed by atoms with E-state index in [0.717, 1.165) is 19.3 Å². The Balaban J connectivity index is 2.28. The van der Waals surface area contributed by atoms with Gasteiger partial charge in [0.25, 0.3) is 0 Å². The van der Waals surface area contributed by atoms with Crippen LogP contribution in [-0.4, -0.2) is 13.7 Å². The highest BCUT2D eigenvalue weighted by atomic mass is 35.7. The van der Waals surface area contributed by atoms with E-state index in [-0.39, 0.29) is 11.2 Å². The summed E-state index contributed by atoms with van der Waals surface area (Å²) in [5.74, 6) is 0.631. The van der Waals surface area contributed by atoms with Crippen molar-refractivity contribution in [2.75, 3.05) is 0 Å². The molecule has 0 amide bonds. The maximum Gasteiger partial charge on any atom is 0.236 e. The summed E-state index contributed by atoms with van der Waals surface area (Å²) < 4.78 is 22.2. The van der Waals surface area contributed by atoms with E-state index in [9.17, 15) is 8.42 Å². The summed E-state index contributed by atoms with van der Waals surface area (Å²) in [5.41, 5.74) is 0. The fourth-order valence-electron chi connectivity index (χ4n) is 2.20. The van der Waals surface area contributed by atoms with Crippen LogP contribution in [-0.2, 0) is 9.05 Å². The van der Waals surface area contributed by atoms with E-state index in [2.05, 4.69) is 6.08 Å². The second-order valence-electron chi connectivity index (χ2n) is 3.64. The van der Waals surface area contributed by atoms with Crippen molar-refractivity contribution >= 4 is 19.7 Å². The molecule has 4 heteroatoms. The second kappa shape index (κ2) is 2.74. The van der Waals surface area contributed by atoms with Gasteiger partial charge in [0.1, 0.15) is 0 Å². The van der Waals surface area contributed by atoms with E-state index in [1.807, 2.05) is 6.08 Å². The van der Waals surface area contributed by atoms with Crippen LogP contribution in [0.5, 0.6) is 0 Å². The molecule has 68 valence electrons. The van der Waals surface area contributed by atoms with Crippen molar-refractivity contribution in [3.63, 3.8) is 0 Å². The highest BCUT2D eigenvalue weighted by Gasteiger charge is 2.38. The van der Waals surface area contributed by atoms with Crippen molar-refractivity contribution in [1.82, 2.24) is 0 Å². The van der Waals surface area contributed by atoms with E-state index in [1.165, 1.54) is 0 Å². The minimum Gasteiger partial charge on any atom is -0.212 e. The number of hydrogen-bond acceptors (Lipinski definition) is 2. The van der Waals surface area contributed by atoms with Gasteiger partial charge in [-0.1, -0.05) is 12.2 Å². The average Bonchev–Trinajstić information content (AvgIpc) is 2.05. The lowest BCUT2D eigenvalue weighted by Gasteiger charge is -2.35. The van der Waals surface area contributed by atoms with Crippen molar-refractivity contribution in [1.29, 1.82) is 0 Å². The van der Waals surface area contributed by atoms with Crippen molar-refractivity contribution < 1.29 is 8.42 Å². The smallest absolute Gasteiger partial charge is 0.212 e. The van der Waals surface area contributed by atoms with Crippen LogP contribution < -0.4 is 0 Å². The van der Waals surface area contributed by atoms with E-state index in [1.54, 1.807) is 0 Å². The van der Waals surface area contributed by atoms with Gasteiger partial charge in [0.2, 0.25) is 9.05 Å². The molecule has 3 aliphatic rings. The molecule has 0 aromatic heterocycles. The lowest BCUT2D eigenvalue weighted by Crippen LogP contribution is -2.35. The van der Waals surface area contributed by atoms with Crippen LogP contribution in [0.4, 0.5) is 0 Å². The largest absolute Gasteiger partial charge is 0.236 e. The van der Waals surface area contributed by atoms with E-state index in [4.69, 9.17) is 10.7 Å². The minimum absolute atomic E-state index is 0.178. The van der Waals surface area contributed by atoms with Gasteiger partial charge in [0, 0.05) is 10.7 Å². The molecule has 0 spiro atoms. The molecule has 1 saturated carbocycles. The molecule has 3 atom stereocenters. The molecule has 0 radical (unpaired) electrons. The molecule has 0 aromatic carbocycles. The van der Waals surface area contributed by atoms with Crippen LogP contribution in [0, 0.1) is 11.8 Å². The Bertz CT molecular complexity index is 307. The Labute approximate surface area is 77.0 Å². The van der Waals surface area contributed by atoms with Crippen molar-refractivity contribution in [3.05, 3.63) is 12.2 Å². The maximum absolute atomic E-state index is 11.1. The molecule has 2 nitrogen and oxygen atoms in total. The quantitative estimate of drug-likeness (QED) is 0.485. The number of allylic oxidation sites excluding steroid dienone is 2. The summed E-state index contributed by atoms with van der Waals surface area (Å²) in [6, 6.07) is 0. The molecule has 12 heavy (non-hydrogen) atoms. The van der Waals surface area contributed by atoms with Gasteiger partial charge >= 0.3 is 0 Å². The Morgan fingerprint density at radius 3 is 2.25 bits per heavy atom. The summed E-state index contributed by atoms with van der Waals surface area (Å²) in [6.07, 6.45) is 6.99. The van der Waals surface area contributed by atoms with Gasteiger partial charge < -0.3 is 0 Å². The van der Waals surface area contributed by atoms with Gasteiger partial charge in [0.05, 0.1) is 5.25 Å². The second-order valence-corrected chi connectivity index (χ2v) is 6.48. The van der Waals surface area contributed by atoms with Crippen LogP contribution in [0.15, 0.2) is 12.2 Å². The summed E-state index contributed by atoms with van der Waals surface area (Å²) in [5, 5.41) is -0.317. The molecule has 3 aliphatic carbocycles. The fourth-order valence-corrected chi connectivity index (χ4v) is 3.94. The molecule has 0 aliphatic heterocycles. The number of halogens is 1. The summed E-state index contributed by atoms with van der Waals surface area (Å²) >= 11 is 0. The number of hydrogen-bond donors (Lipinski definition) is 0. The van der Waals surface area contributed by atoms with Gasteiger partial charge in [-0.25, -0.2) is 8.42 Å². The Morgan fingerprint density at radius 2 is 2.00 bits per heavy atom. The third kappa shape index (κ3) is 1.40. The van der Waals surface area contributed by atoms with Crippen molar-refractivity contribution in [3.8, 4) is 0 Å². The van der Waals surface area contributed by atoms with E-state index in [0.29, 0.717) is 5.92 Å². The fraction of sp³-hybridized carbons (Fsp3) is 0.750. The standard InChI is InChI=1S/C8H11ClO2S/c9-12(10,11)8-5-6-1-3-7(8)4-2-6/h1,3,6-8H,2,4-5H2/t6-,7+,8?/m1/s1. The third-order valence-corrected chi connectivity index (χ3v) is 4.83. The third-order valence-electron chi connectivity index (χ3n) is 2.88. The van der Waals surface area contributed by atoms with Gasteiger partial charge in [-0.15, -0.1) is 0 Å². The van der Waals surface area contributed by atoms with Crippen LogP contribution in [0.25, 0.3) is 0 Å². The van der Waals surface area contributed by atoms with Crippen LogP contribution in [0.3, 0.4) is 0 Å². The summed E-state index contributed by atoms with van der Waals surface area (Å²) in [4.78, 5) is 0. The lowest BCUT2D eigenvalue weighted by molar-refractivity contribution is 0.331. The van der Waals surface area contributed by atoms with Gasteiger partial charge in [-0.05, 0) is 31.1 Å². The van der Waals surface area contributed by atoms with Crippen molar-refractivity contribution in [2.24, 2.45) is 11.8 Å². The SMILES string of the molecule is O=S(=O)(Cl)C1C[C@@H]2C=C[C@H]1CC2. The molecule has 0 saturated heterocycles. The monoisotopic (exact) mass is 206 g/mol. The van der Waals surface area contributed by atoms with Gasteiger partial charge in [-0.2, -0.15) is 0 Å². The first-order valence-electron chi connectivity index (χ1n) is 4.19. The zero-order valence-corrected chi connectivity index (χ0v) is 8.18. The molecule has 2 bridgehead atoms. The molecule has 1 unspecified atom stereocenters. The number of rotatable bonds is 1. The molecule has 1 fully saturated rings. The Kier molecular flexibility index (Phi) is 1.96. The van der Waals surface area contributed by atoms with Crippen LogP contribution >= 0.6 is 10.7 Å². The molecule has 0 heterocycles. The molecular weight excluding hydrogens is 196 g/mol. The highest BCUT2D eigenvalue weighted by Crippen LogP contribution is 2.40. The first-order valence-corrected chi connectivity index (χ1v) is 6.56. The lowest BCUT2D eigenvalue weighted by atomic mass is 9.76. The molecule has 0 aromatic rings. The first-order chi connectivity index (χ1) is 5.57. The zero-order chi connectivity index (χ0) is 8.77. The van der Waals surface area contributed by atoms with Crippen LogP contribution in [0.2, 0.25) is 0 Å². The summed E-state index contributed by atoms with van der Waals surface area (Å²) in [6.45, 7) is 0. The summed E-state index contributed by atoms with van der Waals surface area (Å²) in [7, 11) is 2.01. The maximum atomic E-state index is 11.1. The normalized spacial score (nSPS) is 40.2. The minimum atomic E-state index is -3.34. The Hall–Kier alpha value is -0.0200. The first kappa shape index (κ1) is 8.57. The highest BCUT2D eigenvalue weighted by molar-refractivity contribution is 8.14. The molecule has 3 rings (SSSR count). The molecular formula is C8H11ClO2S.